The van der Waals surface area contributed by atoms with E-state index in [1.165, 1.54) is 24.0 Å². The molecular weight excluding hydrogens is 202 g/mol. The number of aliphatic carboxylic acids is 1. The summed E-state index contributed by atoms with van der Waals surface area (Å²) >= 11 is 0. The van der Waals surface area contributed by atoms with E-state index < -0.39 is 5.97 Å². The first-order valence-corrected chi connectivity index (χ1v) is 5.75. The highest BCUT2D eigenvalue weighted by Gasteiger charge is 2.12. The average molecular weight is 219 g/mol. The summed E-state index contributed by atoms with van der Waals surface area (Å²) in [6.45, 7) is 1.89. The van der Waals surface area contributed by atoms with Crippen molar-refractivity contribution in [1.29, 1.82) is 0 Å². The number of rotatable bonds is 4. The molecule has 0 bridgehead atoms. The maximum Gasteiger partial charge on any atom is 0.305 e. The fraction of sp³-hybridized carbons (Fsp3) is 0.462. The Morgan fingerprint density at radius 3 is 2.94 bits per heavy atom. The molecule has 86 valence electrons. The summed E-state index contributed by atoms with van der Waals surface area (Å²) in [5, 5.41) is 11.9. The lowest BCUT2D eigenvalue weighted by atomic mass is 10.1. The monoisotopic (exact) mass is 219 g/mol. The van der Waals surface area contributed by atoms with Crippen molar-refractivity contribution in [3.8, 4) is 0 Å². The van der Waals surface area contributed by atoms with E-state index in [9.17, 15) is 4.79 Å². The van der Waals surface area contributed by atoms with Crippen molar-refractivity contribution in [2.45, 2.75) is 38.6 Å². The second kappa shape index (κ2) is 4.56. The van der Waals surface area contributed by atoms with Crippen LogP contribution < -0.4 is 5.32 Å². The van der Waals surface area contributed by atoms with E-state index in [0.29, 0.717) is 0 Å². The molecule has 1 atom stereocenters. The minimum absolute atomic E-state index is 0.0306. The molecule has 0 amide bonds. The summed E-state index contributed by atoms with van der Waals surface area (Å²) in [7, 11) is 0. The molecule has 0 saturated heterocycles. The summed E-state index contributed by atoms with van der Waals surface area (Å²) < 4.78 is 0. The number of hydrogen-bond donors (Lipinski definition) is 2. The van der Waals surface area contributed by atoms with Crippen molar-refractivity contribution in [2.75, 3.05) is 5.32 Å². The Kier molecular flexibility index (Phi) is 3.13. The summed E-state index contributed by atoms with van der Waals surface area (Å²) in [5.41, 5.74) is 3.89. The molecule has 2 N–H and O–H groups in total. The third kappa shape index (κ3) is 2.54. The largest absolute Gasteiger partial charge is 0.481 e. The molecule has 2 rings (SSSR count). The highest BCUT2D eigenvalue weighted by molar-refractivity contribution is 5.68. The van der Waals surface area contributed by atoms with E-state index in [1.54, 1.807) is 0 Å². The van der Waals surface area contributed by atoms with E-state index in [-0.39, 0.29) is 12.5 Å². The van der Waals surface area contributed by atoms with Crippen molar-refractivity contribution in [1.82, 2.24) is 0 Å². The fourth-order valence-corrected chi connectivity index (χ4v) is 2.26. The predicted molar refractivity (Wildman–Crippen MR) is 63.8 cm³/mol. The lowest BCUT2D eigenvalue weighted by Gasteiger charge is -2.14. The second-order valence-corrected chi connectivity index (χ2v) is 4.48. The molecule has 1 aliphatic rings. The van der Waals surface area contributed by atoms with E-state index in [4.69, 9.17) is 5.11 Å². The maximum atomic E-state index is 10.5. The highest BCUT2D eigenvalue weighted by atomic mass is 16.4. The molecule has 1 aliphatic carbocycles. The fourth-order valence-electron chi connectivity index (χ4n) is 2.26. The van der Waals surface area contributed by atoms with Crippen LogP contribution in [0.4, 0.5) is 5.69 Å². The van der Waals surface area contributed by atoms with Gasteiger partial charge in [-0.2, -0.15) is 0 Å². The first kappa shape index (κ1) is 11.0. The minimum atomic E-state index is -0.763. The Labute approximate surface area is 95.5 Å². The average Bonchev–Trinajstić information content (AvgIpc) is 2.63. The SMILES string of the molecule is CC(CC(=O)O)Nc1ccc2c(c1)CCC2. The van der Waals surface area contributed by atoms with Gasteiger partial charge in [0.15, 0.2) is 0 Å². The van der Waals surface area contributed by atoms with Crippen LogP contribution in [-0.4, -0.2) is 17.1 Å². The first-order valence-electron chi connectivity index (χ1n) is 5.75. The van der Waals surface area contributed by atoms with Gasteiger partial charge in [0.05, 0.1) is 6.42 Å². The predicted octanol–water partition coefficient (Wildman–Crippen LogP) is 2.45. The number of anilines is 1. The van der Waals surface area contributed by atoms with Gasteiger partial charge in [-0.15, -0.1) is 0 Å². The highest BCUT2D eigenvalue weighted by Crippen LogP contribution is 2.25. The van der Waals surface area contributed by atoms with Gasteiger partial charge < -0.3 is 10.4 Å². The number of carbonyl (C=O) groups is 1. The van der Waals surface area contributed by atoms with Crippen LogP contribution in [0.3, 0.4) is 0 Å². The van der Waals surface area contributed by atoms with Crippen LogP contribution in [0.25, 0.3) is 0 Å². The van der Waals surface area contributed by atoms with E-state index >= 15 is 0 Å². The van der Waals surface area contributed by atoms with Gasteiger partial charge in [0.1, 0.15) is 0 Å². The van der Waals surface area contributed by atoms with Crippen LogP contribution in [-0.2, 0) is 17.6 Å². The Balaban J connectivity index is 2.02. The van der Waals surface area contributed by atoms with Crippen molar-refractivity contribution < 1.29 is 9.90 Å². The maximum absolute atomic E-state index is 10.5. The minimum Gasteiger partial charge on any atom is -0.481 e. The number of benzene rings is 1. The third-order valence-electron chi connectivity index (χ3n) is 2.99. The smallest absolute Gasteiger partial charge is 0.305 e. The number of fused-ring (bicyclic) bond motifs is 1. The number of carboxylic acid groups (broad SMARTS) is 1. The first-order chi connectivity index (χ1) is 7.65. The van der Waals surface area contributed by atoms with Crippen molar-refractivity contribution >= 4 is 11.7 Å². The Bertz CT molecular complexity index is 401. The van der Waals surface area contributed by atoms with Crippen LogP contribution in [0, 0.1) is 0 Å². The molecule has 1 aromatic rings. The van der Waals surface area contributed by atoms with Gasteiger partial charge in [0, 0.05) is 11.7 Å². The topological polar surface area (TPSA) is 49.3 Å². The van der Waals surface area contributed by atoms with Crippen LogP contribution in [0.1, 0.15) is 30.9 Å². The van der Waals surface area contributed by atoms with Gasteiger partial charge in [-0.05, 0) is 49.4 Å². The molecule has 1 aromatic carbocycles. The van der Waals surface area contributed by atoms with E-state index in [1.807, 2.05) is 13.0 Å². The zero-order chi connectivity index (χ0) is 11.5. The molecule has 1 unspecified atom stereocenters. The molecule has 0 radical (unpaired) electrons. The van der Waals surface area contributed by atoms with Crippen molar-refractivity contribution in [2.24, 2.45) is 0 Å². The Hall–Kier alpha value is -1.51. The molecule has 0 heterocycles. The van der Waals surface area contributed by atoms with Gasteiger partial charge in [-0.1, -0.05) is 6.07 Å². The van der Waals surface area contributed by atoms with Crippen molar-refractivity contribution in [3.05, 3.63) is 29.3 Å². The van der Waals surface area contributed by atoms with Gasteiger partial charge >= 0.3 is 5.97 Å². The quantitative estimate of drug-likeness (QED) is 0.817. The lowest BCUT2D eigenvalue weighted by molar-refractivity contribution is -0.137. The number of aryl methyl sites for hydroxylation is 2. The Morgan fingerprint density at radius 2 is 2.19 bits per heavy atom. The Morgan fingerprint density at radius 1 is 1.44 bits per heavy atom. The summed E-state index contributed by atoms with van der Waals surface area (Å²) in [6, 6.07) is 6.32. The lowest BCUT2D eigenvalue weighted by Crippen LogP contribution is -2.19. The zero-order valence-corrected chi connectivity index (χ0v) is 9.49. The number of carboxylic acids is 1. The van der Waals surface area contributed by atoms with Crippen LogP contribution in [0.5, 0.6) is 0 Å². The molecule has 3 nitrogen and oxygen atoms in total. The summed E-state index contributed by atoms with van der Waals surface area (Å²) in [5.74, 6) is -0.763. The molecule has 16 heavy (non-hydrogen) atoms. The standard InChI is InChI=1S/C13H17NO2/c1-9(7-13(15)16)14-12-6-5-10-3-2-4-11(10)8-12/h5-6,8-9,14H,2-4,7H2,1H3,(H,15,16). The van der Waals surface area contributed by atoms with Gasteiger partial charge in [0.2, 0.25) is 0 Å². The molecule has 0 saturated carbocycles. The molecule has 0 spiro atoms. The molecule has 0 fully saturated rings. The second-order valence-electron chi connectivity index (χ2n) is 4.48. The molecule has 0 aromatic heterocycles. The van der Waals surface area contributed by atoms with Crippen LogP contribution >= 0.6 is 0 Å². The van der Waals surface area contributed by atoms with E-state index in [2.05, 4.69) is 17.4 Å². The van der Waals surface area contributed by atoms with Crippen molar-refractivity contribution in [3.63, 3.8) is 0 Å². The third-order valence-corrected chi connectivity index (χ3v) is 2.99. The molecule has 0 aliphatic heterocycles. The molecular formula is C13H17NO2. The normalized spacial score (nSPS) is 15.6. The van der Waals surface area contributed by atoms with Crippen LogP contribution in [0.15, 0.2) is 18.2 Å². The van der Waals surface area contributed by atoms with Gasteiger partial charge in [0.25, 0.3) is 0 Å². The van der Waals surface area contributed by atoms with Crippen LogP contribution in [0.2, 0.25) is 0 Å². The number of nitrogens with one attached hydrogen (secondary N) is 1. The number of hydrogen-bond acceptors (Lipinski definition) is 2. The summed E-state index contributed by atoms with van der Waals surface area (Å²) in [4.78, 5) is 10.5. The molecule has 3 heteroatoms. The van der Waals surface area contributed by atoms with Gasteiger partial charge in [-0.25, -0.2) is 0 Å². The van der Waals surface area contributed by atoms with E-state index in [0.717, 1.165) is 12.1 Å². The zero-order valence-electron chi connectivity index (χ0n) is 9.49. The van der Waals surface area contributed by atoms with Gasteiger partial charge in [-0.3, -0.25) is 4.79 Å². The summed E-state index contributed by atoms with van der Waals surface area (Å²) in [6.07, 6.45) is 3.72.